The lowest BCUT2D eigenvalue weighted by Crippen LogP contribution is -2.16. The minimum absolute atomic E-state index is 0.0440. The van der Waals surface area contributed by atoms with Crippen molar-refractivity contribution in [1.29, 1.82) is 0 Å². The molecule has 0 spiro atoms. The molecule has 3 heteroatoms. The molecule has 0 unspecified atom stereocenters. The molecular formula is C16H19NO2. The van der Waals surface area contributed by atoms with Gasteiger partial charge in [-0.1, -0.05) is 30.3 Å². The first-order valence-electron chi connectivity index (χ1n) is 6.86. The van der Waals surface area contributed by atoms with Crippen LogP contribution < -0.4 is 10.1 Å². The number of hydrogen-bond acceptors (Lipinski definition) is 3. The SMILES string of the molecule is OCCOc1ccc2ccccc2c1CNC1CC1. The normalized spacial score (nSPS) is 14.8. The van der Waals surface area contributed by atoms with E-state index in [1.807, 2.05) is 6.07 Å². The Kier molecular flexibility index (Phi) is 3.67. The molecule has 100 valence electrons. The monoisotopic (exact) mass is 257 g/mol. The Morgan fingerprint density at radius 3 is 2.79 bits per heavy atom. The molecule has 3 rings (SSSR count). The Hall–Kier alpha value is -1.58. The van der Waals surface area contributed by atoms with E-state index < -0.39 is 0 Å². The van der Waals surface area contributed by atoms with E-state index in [0.717, 1.165) is 12.3 Å². The van der Waals surface area contributed by atoms with Crippen molar-refractivity contribution in [3.8, 4) is 5.75 Å². The highest BCUT2D eigenvalue weighted by Crippen LogP contribution is 2.29. The van der Waals surface area contributed by atoms with Gasteiger partial charge in [0.1, 0.15) is 12.4 Å². The molecule has 2 N–H and O–H groups in total. The number of nitrogens with one attached hydrogen (secondary N) is 1. The van der Waals surface area contributed by atoms with Crippen LogP contribution in [0.3, 0.4) is 0 Å². The zero-order valence-corrected chi connectivity index (χ0v) is 10.9. The van der Waals surface area contributed by atoms with Gasteiger partial charge in [-0.15, -0.1) is 0 Å². The van der Waals surface area contributed by atoms with Gasteiger partial charge in [0.15, 0.2) is 0 Å². The Labute approximate surface area is 113 Å². The van der Waals surface area contributed by atoms with Crippen molar-refractivity contribution in [3.05, 3.63) is 42.0 Å². The number of ether oxygens (including phenoxy) is 1. The summed E-state index contributed by atoms with van der Waals surface area (Å²) in [6, 6.07) is 13.1. The molecule has 0 heterocycles. The van der Waals surface area contributed by atoms with E-state index in [1.54, 1.807) is 0 Å². The fourth-order valence-electron chi connectivity index (χ4n) is 2.32. The van der Waals surface area contributed by atoms with Crippen molar-refractivity contribution in [2.45, 2.75) is 25.4 Å². The summed E-state index contributed by atoms with van der Waals surface area (Å²) in [6.07, 6.45) is 2.55. The largest absolute Gasteiger partial charge is 0.491 e. The standard InChI is InChI=1S/C16H19NO2/c18-9-10-19-16-8-5-12-3-1-2-4-14(12)15(16)11-17-13-6-7-13/h1-5,8,13,17-18H,6-7,9-11H2. The number of aliphatic hydroxyl groups is 1. The van der Waals surface area contributed by atoms with Crippen LogP contribution in [0.25, 0.3) is 10.8 Å². The summed E-state index contributed by atoms with van der Waals surface area (Å²) in [5.41, 5.74) is 1.19. The highest BCUT2D eigenvalue weighted by atomic mass is 16.5. The fraction of sp³-hybridized carbons (Fsp3) is 0.375. The second-order valence-electron chi connectivity index (χ2n) is 4.99. The van der Waals surface area contributed by atoms with Crippen LogP contribution in [0.15, 0.2) is 36.4 Å². The average molecular weight is 257 g/mol. The zero-order chi connectivity index (χ0) is 13.1. The van der Waals surface area contributed by atoms with Crippen LogP contribution in [0.4, 0.5) is 0 Å². The maximum Gasteiger partial charge on any atom is 0.124 e. The minimum Gasteiger partial charge on any atom is -0.491 e. The average Bonchev–Trinajstić information content (AvgIpc) is 3.27. The summed E-state index contributed by atoms with van der Waals surface area (Å²) in [7, 11) is 0. The number of hydrogen-bond donors (Lipinski definition) is 2. The van der Waals surface area contributed by atoms with E-state index in [1.165, 1.54) is 29.2 Å². The molecule has 0 aliphatic heterocycles. The lowest BCUT2D eigenvalue weighted by Gasteiger charge is -2.14. The molecule has 19 heavy (non-hydrogen) atoms. The Bertz CT molecular complexity index is 564. The number of benzene rings is 2. The van der Waals surface area contributed by atoms with Gasteiger partial charge in [-0.2, -0.15) is 0 Å². The van der Waals surface area contributed by atoms with Crippen LogP contribution in [-0.2, 0) is 6.54 Å². The molecular weight excluding hydrogens is 238 g/mol. The molecule has 2 aromatic rings. The smallest absolute Gasteiger partial charge is 0.124 e. The van der Waals surface area contributed by atoms with Crippen LogP contribution >= 0.6 is 0 Å². The fourth-order valence-corrected chi connectivity index (χ4v) is 2.32. The zero-order valence-electron chi connectivity index (χ0n) is 10.9. The number of aliphatic hydroxyl groups excluding tert-OH is 1. The van der Waals surface area contributed by atoms with E-state index in [9.17, 15) is 0 Å². The van der Waals surface area contributed by atoms with E-state index in [-0.39, 0.29) is 6.61 Å². The van der Waals surface area contributed by atoms with Crippen molar-refractivity contribution in [1.82, 2.24) is 5.32 Å². The van der Waals surface area contributed by atoms with E-state index >= 15 is 0 Å². The highest BCUT2D eigenvalue weighted by molar-refractivity contribution is 5.87. The summed E-state index contributed by atoms with van der Waals surface area (Å²) >= 11 is 0. The van der Waals surface area contributed by atoms with Crippen molar-refractivity contribution < 1.29 is 9.84 Å². The maximum absolute atomic E-state index is 8.92. The molecule has 0 atom stereocenters. The van der Waals surface area contributed by atoms with Gasteiger partial charge < -0.3 is 15.2 Å². The van der Waals surface area contributed by atoms with Gasteiger partial charge in [-0.05, 0) is 29.7 Å². The van der Waals surface area contributed by atoms with Crippen molar-refractivity contribution in [3.63, 3.8) is 0 Å². The lowest BCUT2D eigenvalue weighted by atomic mass is 10.0. The van der Waals surface area contributed by atoms with Gasteiger partial charge in [0.2, 0.25) is 0 Å². The Morgan fingerprint density at radius 1 is 1.16 bits per heavy atom. The van der Waals surface area contributed by atoms with Crippen LogP contribution in [0, 0.1) is 0 Å². The molecule has 0 aromatic heterocycles. The Morgan fingerprint density at radius 2 is 2.00 bits per heavy atom. The second kappa shape index (κ2) is 5.59. The molecule has 1 aliphatic carbocycles. The van der Waals surface area contributed by atoms with Gasteiger partial charge in [-0.3, -0.25) is 0 Å². The van der Waals surface area contributed by atoms with E-state index in [0.29, 0.717) is 12.6 Å². The van der Waals surface area contributed by atoms with E-state index in [4.69, 9.17) is 9.84 Å². The lowest BCUT2D eigenvalue weighted by molar-refractivity contribution is 0.200. The van der Waals surface area contributed by atoms with Crippen LogP contribution in [-0.4, -0.2) is 24.4 Å². The van der Waals surface area contributed by atoms with Gasteiger partial charge in [0.25, 0.3) is 0 Å². The third-order valence-corrected chi connectivity index (χ3v) is 3.49. The first kappa shape index (κ1) is 12.5. The van der Waals surface area contributed by atoms with Crippen LogP contribution in [0.5, 0.6) is 5.75 Å². The molecule has 0 bridgehead atoms. The number of fused-ring (bicyclic) bond motifs is 1. The topological polar surface area (TPSA) is 41.5 Å². The molecule has 3 nitrogen and oxygen atoms in total. The third-order valence-electron chi connectivity index (χ3n) is 3.49. The first-order chi connectivity index (χ1) is 9.38. The summed E-state index contributed by atoms with van der Waals surface area (Å²) in [6.45, 7) is 1.21. The minimum atomic E-state index is 0.0440. The summed E-state index contributed by atoms with van der Waals surface area (Å²) in [5.74, 6) is 0.876. The second-order valence-corrected chi connectivity index (χ2v) is 4.99. The predicted octanol–water partition coefficient (Wildman–Crippen LogP) is 2.46. The Balaban J connectivity index is 1.94. The summed E-state index contributed by atoms with van der Waals surface area (Å²) in [5, 5.41) is 14.9. The highest BCUT2D eigenvalue weighted by Gasteiger charge is 2.21. The van der Waals surface area contributed by atoms with Gasteiger partial charge in [-0.25, -0.2) is 0 Å². The molecule has 1 aliphatic rings. The molecule has 2 aromatic carbocycles. The van der Waals surface area contributed by atoms with Crippen LogP contribution in [0.1, 0.15) is 18.4 Å². The third kappa shape index (κ3) is 2.88. The van der Waals surface area contributed by atoms with Crippen LogP contribution in [0.2, 0.25) is 0 Å². The summed E-state index contributed by atoms with van der Waals surface area (Å²) in [4.78, 5) is 0. The molecule has 0 radical (unpaired) electrons. The quantitative estimate of drug-likeness (QED) is 0.835. The molecule has 0 amide bonds. The maximum atomic E-state index is 8.92. The summed E-state index contributed by atoms with van der Waals surface area (Å²) < 4.78 is 5.66. The van der Waals surface area contributed by atoms with Gasteiger partial charge in [0.05, 0.1) is 6.61 Å². The molecule has 1 saturated carbocycles. The predicted molar refractivity (Wildman–Crippen MR) is 76.4 cm³/mol. The van der Waals surface area contributed by atoms with E-state index in [2.05, 4.69) is 35.6 Å². The van der Waals surface area contributed by atoms with Gasteiger partial charge >= 0.3 is 0 Å². The molecule has 1 fully saturated rings. The molecule has 0 saturated heterocycles. The van der Waals surface area contributed by atoms with Crippen molar-refractivity contribution in [2.75, 3.05) is 13.2 Å². The van der Waals surface area contributed by atoms with Crippen molar-refractivity contribution >= 4 is 10.8 Å². The number of rotatable bonds is 6. The van der Waals surface area contributed by atoms with Gasteiger partial charge in [0, 0.05) is 18.2 Å². The first-order valence-corrected chi connectivity index (χ1v) is 6.86. The van der Waals surface area contributed by atoms with Crippen molar-refractivity contribution in [2.24, 2.45) is 0 Å².